The Morgan fingerprint density at radius 3 is 1.93 bits per heavy atom. The summed E-state index contributed by atoms with van der Waals surface area (Å²) in [5, 5.41) is 4.56. The van der Waals surface area contributed by atoms with Crippen molar-refractivity contribution in [1.29, 1.82) is 0 Å². The second-order valence-electron chi connectivity index (χ2n) is 14.0. The number of benzene rings is 7. The maximum Gasteiger partial charge on any atom is 0.162 e. The van der Waals surface area contributed by atoms with Crippen molar-refractivity contribution in [3.63, 3.8) is 0 Å². The van der Waals surface area contributed by atoms with Gasteiger partial charge >= 0.3 is 0 Å². The molecule has 0 aliphatic carbocycles. The molecule has 4 aromatic heterocycles. The number of fused-ring (bicyclic) bond motifs is 6. The van der Waals surface area contributed by atoms with Gasteiger partial charge < -0.3 is 4.42 Å². The Morgan fingerprint density at radius 2 is 1.09 bits per heavy atom. The van der Waals surface area contributed by atoms with Gasteiger partial charge in [-0.05, 0) is 46.5 Å². The number of hydrogen-bond acceptors (Lipinski definition) is 4. The zero-order valence-electron chi connectivity index (χ0n) is 30.2. The van der Waals surface area contributed by atoms with Gasteiger partial charge in [0.1, 0.15) is 17.0 Å². The molecular weight excluding hydrogens is 685 g/mol. The fraction of sp³-hybridized carbons (Fsp3) is 0. The molecule has 11 aromatic rings. The van der Waals surface area contributed by atoms with Gasteiger partial charge in [-0.15, -0.1) is 0 Å². The topological polar surface area (TPSA) is 56.7 Å². The minimum Gasteiger partial charge on any atom is -0.455 e. The fourth-order valence-corrected chi connectivity index (χ4v) is 8.10. The van der Waals surface area contributed by atoms with E-state index in [4.69, 9.17) is 14.4 Å². The molecule has 0 fully saturated rings. The molecule has 0 radical (unpaired) electrons. The quantitative estimate of drug-likeness (QED) is 0.172. The van der Waals surface area contributed by atoms with Gasteiger partial charge in [-0.1, -0.05) is 152 Å². The van der Waals surface area contributed by atoms with Crippen molar-refractivity contribution >= 4 is 43.7 Å². The molecule has 11 rings (SSSR count). The van der Waals surface area contributed by atoms with Crippen molar-refractivity contribution in [1.82, 2.24) is 19.5 Å². The van der Waals surface area contributed by atoms with Crippen LogP contribution in [0.1, 0.15) is 0 Å². The Bertz CT molecular complexity index is 3240. The summed E-state index contributed by atoms with van der Waals surface area (Å²) in [5.74, 6) is 1.46. The Balaban J connectivity index is 1.12. The highest BCUT2D eigenvalue weighted by atomic mass is 16.3. The highest BCUT2D eigenvalue weighted by Crippen LogP contribution is 2.41. The second-order valence-corrected chi connectivity index (χ2v) is 14.0. The van der Waals surface area contributed by atoms with Gasteiger partial charge in [0.05, 0.1) is 16.7 Å². The van der Waals surface area contributed by atoms with Crippen LogP contribution in [0.4, 0.5) is 0 Å². The molecule has 262 valence electrons. The normalized spacial score (nSPS) is 11.6. The summed E-state index contributed by atoms with van der Waals surface area (Å²) in [6.45, 7) is 0. The van der Waals surface area contributed by atoms with E-state index in [-0.39, 0.29) is 0 Å². The van der Waals surface area contributed by atoms with Crippen molar-refractivity contribution < 1.29 is 4.42 Å². The summed E-state index contributed by atoms with van der Waals surface area (Å²) in [7, 11) is 0. The van der Waals surface area contributed by atoms with E-state index in [1.165, 1.54) is 0 Å². The summed E-state index contributed by atoms with van der Waals surface area (Å²) in [6, 6.07) is 63.6. The lowest BCUT2D eigenvalue weighted by Gasteiger charge is -2.14. The van der Waals surface area contributed by atoms with Gasteiger partial charge in [0.2, 0.25) is 0 Å². The lowest BCUT2D eigenvalue weighted by atomic mass is 9.96. The predicted octanol–water partition coefficient (Wildman–Crippen LogP) is 13.2. The van der Waals surface area contributed by atoms with E-state index in [1.807, 2.05) is 42.6 Å². The van der Waals surface area contributed by atoms with Gasteiger partial charge in [-0.2, -0.15) is 0 Å². The van der Waals surface area contributed by atoms with Crippen LogP contribution < -0.4 is 0 Å². The van der Waals surface area contributed by atoms with Crippen LogP contribution in [0.5, 0.6) is 0 Å². The van der Waals surface area contributed by atoms with Crippen LogP contribution in [0.15, 0.2) is 199 Å². The smallest absolute Gasteiger partial charge is 0.162 e. The van der Waals surface area contributed by atoms with Gasteiger partial charge in [0.25, 0.3) is 0 Å². The monoisotopic (exact) mass is 716 g/mol. The zero-order valence-corrected chi connectivity index (χ0v) is 30.2. The average molecular weight is 717 g/mol. The first kappa shape index (κ1) is 31.9. The summed E-state index contributed by atoms with van der Waals surface area (Å²) in [6.07, 6.45) is 3.69. The number of aromatic nitrogens is 4. The standard InChI is InChI=1S/C51H32N4O/c1-2-12-35(13-3-1)51-53-45(34-27-25-33(26-28-34)38-16-11-29-52-32-38)31-48(54-51)55-46-23-6-4-17-41(46)43-21-9-19-39(49(43)55)36-14-8-15-37(30-36)40-20-10-22-44-42-18-5-7-24-47(42)56-50(40)44/h1-32H. The van der Waals surface area contributed by atoms with Gasteiger partial charge in [0, 0.05) is 62.3 Å². The summed E-state index contributed by atoms with van der Waals surface area (Å²) >= 11 is 0. The van der Waals surface area contributed by atoms with E-state index in [1.54, 1.807) is 6.20 Å². The maximum atomic E-state index is 6.47. The number of pyridine rings is 1. The third kappa shape index (κ3) is 5.29. The van der Waals surface area contributed by atoms with E-state index < -0.39 is 0 Å². The van der Waals surface area contributed by atoms with Crippen LogP contribution >= 0.6 is 0 Å². The summed E-state index contributed by atoms with van der Waals surface area (Å²) < 4.78 is 8.79. The zero-order chi connectivity index (χ0) is 37.0. The highest BCUT2D eigenvalue weighted by molar-refractivity contribution is 6.14. The maximum absolute atomic E-state index is 6.47. The molecule has 0 atom stereocenters. The average Bonchev–Trinajstić information content (AvgIpc) is 3.83. The molecule has 7 aromatic carbocycles. The molecule has 0 aliphatic rings. The molecule has 0 amide bonds. The Kier molecular flexibility index (Phi) is 7.42. The Labute approximate surface area is 322 Å². The fourth-order valence-electron chi connectivity index (χ4n) is 8.10. The number of furan rings is 1. The van der Waals surface area contributed by atoms with Crippen LogP contribution in [0.25, 0.3) is 106 Å². The molecule has 56 heavy (non-hydrogen) atoms. The second kappa shape index (κ2) is 13.0. The van der Waals surface area contributed by atoms with Crippen LogP contribution in [0.3, 0.4) is 0 Å². The van der Waals surface area contributed by atoms with E-state index in [9.17, 15) is 0 Å². The molecule has 0 saturated heterocycles. The Morgan fingerprint density at radius 1 is 0.429 bits per heavy atom. The minimum absolute atomic E-state index is 0.666. The number of para-hydroxylation sites is 4. The molecule has 0 N–H and O–H groups in total. The molecule has 0 spiro atoms. The van der Waals surface area contributed by atoms with Crippen molar-refractivity contribution in [2.75, 3.05) is 0 Å². The van der Waals surface area contributed by atoms with Crippen molar-refractivity contribution in [2.24, 2.45) is 0 Å². The molecule has 4 heterocycles. The van der Waals surface area contributed by atoms with Crippen molar-refractivity contribution in [3.05, 3.63) is 194 Å². The van der Waals surface area contributed by atoms with E-state index in [0.717, 1.165) is 99.8 Å². The highest BCUT2D eigenvalue weighted by Gasteiger charge is 2.20. The molecule has 0 aliphatic heterocycles. The van der Waals surface area contributed by atoms with E-state index >= 15 is 0 Å². The number of rotatable bonds is 6. The number of nitrogens with zero attached hydrogens (tertiary/aromatic N) is 4. The van der Waals surface area contributed by atoms with E-state index in [0.29, 0.717) is 5.82 Å². The predicted molar refractivity (Wildman–Crippen MR) is 229 cm³/mol. The molecular formula is C51H32N4O. The first-order valence-corrected chi connectivity index (χ1v) is 18.8. The lowest BCUT2D eigenvalue weighted by molar-refractivity contribution is 0.670. The van der Waals surface area contributed by atoms with Gasteiger partial charge in [-0.25, -0.2) is 9.97 Å². The lowest BCUT2D eigenvalue weighted by Crippen LogP contribution is -2.03. The SMILES string of the molecule is c1ccc(-c2nc(-c3ccc(-c4cccnc4)cc3)cc(-n3c4ccccc4c4cccc(-c5cccc(-c6cccc7c6oc6ccccc67)c5)c43)n2)cc1. The third-order valence-corrected chi connectivity index (χ3v) is 10.7. The van der Waals surface area contributed by atoms with Crippen LogP contribution in [0.2, 0.25) is 0 Å². The largest absolute Gasteiger partial charge is 0.455 e. The van der Waals surface area contributed by atoms with Gasteiger partial charge in [0.15, 0.2) is 5.82 Å². The molecule has 0 bridgehead atoms. The van der Waals surface area contributed by atoms with Crippen molar-refractivity contribution in [3.8, 4) is 61.8 Å². The minimum atomic E-state index is 0.666. The molecule has 0 saturated carbocycles. The molecule has 5 heteroatoms. The first-order chi connectivity index (χ1) is 27.8. The van der Waals surface area contributed by atoms with Crippen LogP contribution in [0, 0.1) is 0 Å². The van der Waals surface area contributed by atoms with Crippen LogP contribution in [-0.4, -0.2) is 19.5 Å². The summed E-state index contributed by atoms with van der Waals surface area (Å²) in [4.78, 5) is 14.8. The molecule has 5 nitrogen and oxygen atoms in total. The van der Waals surface area contributed by atoms with Crippen LogP contribution in [-0.2, 0) is 0 Å². The molecule has 0 unspecified atom stereocenters. The summed E-state index contributed by atoms with van der Waals surface area (Å²) in [5.41, 5.74) is 13.3. The Hall–Kier alpha value is -7.63. The first-order valence-electron chi connectivity index (χ1n) is 18.8. The third-order valence-electron chi connectivity index (χ3n) is 10.7. The van der Waals surface area contributed by atoms with Crippen molar-refractivity contribution in [2.45, 2.75) is 0 Å². The van der Waals surface area contributed by atoms with Gasteiger partial charge in [-0.3, -0.25) is 9.55 Å². The number of hydrogen-bond donors (Lipinski definition) is 0. The van der Waals surface area contributed by atoms with E-state index in [2.05, 4.69) is 155 Å².